The number of unbranched alkanes of at least 4 members (excludes halogenated alkanes) is 1. The van der Waals surface area contributed by atoms with E-state index in [9.17, 15) is 0 Å². The fraction of sp³-hybridized carbons (Fsp3) is 0.368. The van der Waals surface area contributed by atoms with Gasteiger partial charge < -0.3 is 9.88 Å². The third-order valence-electron chi connectivity index (χ3n) is 4.03. The van der Waals surface area contributed by atoms with Crippen molar-refractivity contribution in [1.82, 2.24) is 14.5 Å². The van der Waals surface area contributed by atoms with Crippen molar-refractivity contribution in [2.45, 2.75) is 39.7 Å². The van der Waals surface area contributed by atoms with Crippen LogP contribution >= 0.6 is 0 Å². The Kier molecular flexibility index (Phi) is 4.91. The first-order chi connectivity index (χ1) is 11.3. The van der Waals surface area contributed by atoms with Crippen LogP contribution < -0.4 is 5.32 Å². The number of nitrogens with zero attached hydrogens (tertiary/aromatic N) is 3. The number of fused-ring (bicyclic) bond motifs is 1. The smallest absolute Gasteiger partial charge is 0.154 e. The molecule has 2 aromatic heterocycles. The molecule has 0 radical (unpaired) electrons. The van der Waals surface area contributed by atoms with Crippen molar-refractivity contribution in [3.05, 3.63) is 54.0 Å². The van der Waals surface area contributed by atoms with Crippen molar-refractivity contribution in [2.24, 2.45) is 0 Å². The van der Waals surface area contributed by atoms with Crippen molar-refractivity contribution in [3.63, 3.8) is 0 Å². The summed E-state index contributed by atoms with van der Waals surface area (Å²) in [4.78, 5) is 9.19. The Morgan fingerprint density at radius 1 is 1.09 bits per heavy atom. The lowest BCUT2D eigenvalue weighted by atomic mass is 10.1. The summed E-state index contributed by atoms with van der Waals surface area (Å²) in [5.74, 6) is 1.77. The van der Waals surface area contributed by atoms with Crippen LogP contribution in [0.1, 0.15) is 31.2 Å². The van der Waals surface area contributed by atoms with E-state index in [-0.39, 0.29) is 0 Å². The molecule has 3 aromatic rings. The van der Waals surface area contributed by atoms with Crippen LogP contribution in [-0.4, -0.2) is 21.1 Å². The van der Waals surface area contributed by atoms with Crippen LogP contribution in [-0.2, 0) is 13.0 Å². The molecule has 120 valence electrons. The van der Waals surface area contributed by atoms with E-state index < -0.39 is 0 Å². The van der Waals surface area contributed by atoms with Crippen molar-refractivity contribution >= 4 is 16.9 Å². The number of rotatable bonds is 7. The molecule has 2 heterocycles. The lowest BCUT2D eigenvalue weighted by Gasteiger charge is -2.11. The highest BCUT2D eigenvalue weighted by Gasteiger charge is 2.10. The first-order valence-corrected chi connectivity index (χ1v) is 8.39. The Morgan fingerprint density at radius 3 is 2.70 bits per heavy atom. The normalized spacial score (nSPS) is 11.0. The van der Waals surface area contributed by atoms with Crippen molar-refractivity contribution in [1.29, 1.82) is 0 Å². The molecule has 0 bridgehead atoms. The van der Waals surface area contributed by atoms with Gasteiger partial charge in [-0.3, -0.25) is 0 Å². The molecular formula is C19H24N4. The highest BCUT2D eigenvalue weighted by atomic mass is 15.1. The second-order valence-corrected chi connectivity index (χ2v) is 5.88. The van der Waals surface area contributed by atoms with Gasteiger partial charge in [0.15, 0.2) is 5.82 Å². The summed E-state index contributed by atoms with van der Waals surface area (Å²) in [6.45, 7) is 6.03. The molecule has 0 unspecified atom stereocenters. The van der Waals surface area contributed by atoms with Crippen LogP contribution in [0.2, 0.25) is 0 Å². The van der Waals surface area contributed by atoms with Gasteiger partial charge in [-0.25, -0.2) is 9.97 Å². The Balaban J connectivity index is 1.85. The third-order valence-corrected chi connectivity index (χ3v) is 4.03. The summed E-state index contributed by atoms with van der Waals surface area (Å²) in [6, 6.07) is 12.7. The Morgan fingerprint density at radius 2 is 1.91 bits per heavy atom. The molecule has 0 saturated heterocycles. The number of aryl methyl sites for hydroxylation is 3. The summed E-state index contributed by atoms with van der Waals surface area (Å²) in [5.41, 5.74) is 3.48. The van der Waals surface area contributed by atoms with Gasteiger partial charge in [0, 0.05) is 19.3 Å². The van der Waals surface area contributed by atoms with Gasteiger partial charge in [0.2, 0.25) is 0 Å². The molecule has 0 amide bonds. The summed E-state index contributed by atoms with van der Waals surface area (Å²) >= 11 is 0. The van der Waals surface area contributed by atoms with Gasteiger partial charge in [-0.15, -0.1) is 0 Å². The van der Waals surface area contributed by atoms with E-state index in [0.29, 0.717) is 0 Å². The summed E-state index contributed by atoms with van der Waals surface area (Å²) in [5, 5.41) is 3.48. The quantitative estimate of drug-likeness (QED) is 0.665. The van der Waals surface area contributed by atoms with Crippen molar-refractivity contribution in [2.75, 3.05) is 11.9 Å². The number of benzene rings is 1. The second-order valence-electron chi connectivity index (χ2n) is 5.88. The molecular weight excluding hydrogens is 284 g/mol. The predicted octanol–water partition coefficient (Wildman–Crippen LogP) is 4.19. The van der Waals surface area contributed by atoms with Gasteiger partial charge in [0.05, 0.1) is 5.52 Å². The summed E-state index contributed by atoms with van der Waals surface area (Å²) in [6.07, 6.45) is 5.45. The fourth-order valence-electron chi connectivity index (χ4n) is 2.81. The van der Waals surface area contributed by atoms with Crippen LogP contribution in [0, 0.1) is 6.92 Å². The first kappa shape index (κ1) is 15.5. The molecule has 3 rings (SSSR count). The highest BCUT2D eigenvalue weighted by Crippen LogP contribution is 2.22. The average Bonchev–Trinajstić information content (AvgIpc) is 2.97. The number of anilines is 1. The van der Waals surface area contributed by atoms with Gasteiger partial charge in [0.1, 0.15) is 11.3 Å². The van der Waals surface area contributed by atoms with Crippen LogP contribution in [0.15, 0.2) is 42.6 Å². The lowest BCUT2D eigenvalue weighted by molar-refractivity contribution is 0.721. The minimum absolute atomic E-state index is 0.817. The molecule has 0 saturated carbocycles. The van der Waals surface area contributed by atoms with E-state index in [4.69, 9.17) is 0 Å². The van der Waals surface area contributed by atoms with E-state index in [1.807, 2.05) is 6.92 Å². The maximum absolute atomic E-state index is 4.62. The number of nitrogens with one attached hydrogen (secondary N) is 1. The second kappa shape index (κ2) is 7.27. The third kappa shape index (κ3) is 3.70. The fourth-order valence-corrected chi connectivity index (χ4v) is 2.81. The van der Waals surface area contributed by atoms with E-state index in [0.717, 1.165) is 48.6 Å². The molecule has 0 fully saturated rings. The Labute approximate surface area is 137 Å². The Bertz CT molecular complexity index is 762. The van der Waals surface area contributed by atoms with Crippen molar-refractivity contribution in [3.8, 4) is 0 Å². The van der Waals surface area contributed by atoms with Gasteiger partial charge in [-0.05, 0) is 31.4 Å². The standard InChI is InChI=1S/C19H24N4/c1-3-4-12-20-19-18-17(21-15(2)22-19)11-14-23(18)13-10-16-8-6-5-7-9-16/h5-9,11,14H,3-4,10,12-13H2,1-2H3,(H,20,21,22). The zero-order chi connectivity index (χ0) is 16.1. The summed E-state index contributed by atoms with van der Waals surface area (Å²) < 4.78 is 2.26. The van der Waals surface area contributed by atoms with Gasteiger partial charge in [0.25, 0.3) is 0 Å². The molecule has 4 nitrogen and oxygen atoms in total. The van der Waals surface area contributed by atoms with Crippen LogP contribution in [0.5, 0.6) is 0 Å². The molecule has 0 aliphatic carbocycles. The number of aromatic nitrogens is 3. The summed E-state index contributed by atoms with van der Waals surface area (Å²) in [7, 11) is 0. The molecule has 0 aliphatic heterocycles. The highest BCUT2D eigenvalue weighted by molar-refractivity contribution is 5.86. The van der Waals surface area contributed by atoms with E-state index in [1.54, 1.807) is 0 Å². The average molecular weight is 308 g/mol. The minimum Gasteiger partial charge on any atom is -0.368 e. The Hall–Kier alpha value is -2.36. The maximum Gasteiger partial charge on any atom is 0.154 e. The minimum atomic E-state index is 0.817. The van der Waals surface area contributed by atoms with E-state index in [1.165, 1.54) is 12.0 Å². The molecule has 4 heteroatoms. The molecule has 0 atom stereocenters. The molecule has 23 heavy (non-hydrogen) atoms. The van der Waals surface area contributed by atoms with E-state index in [2.05, 4.69) is 69.4 Å². The van der Waals surface area contributed by atoms with Gasteiger partial charge >= 0.3 is 0 Å². The van der Waals surface area contributed by atoms with Crippen LogP contribution in [0.25, 0.3) is 11.0 Å². The predicted molar refractivity (Wildman–Crippen MR) is 95.8 cm³/mol. The molecule has 1 aromatic carbocycles. The van der Waals surface area contributed by atoms with Crippen molar-refractivity contribution < 1.29 is 0 Å². The number of hydrogen-bond acceptors (Lipinski definition) is 3. The van der Waals surface area contributed by atoms with E-state index >= 15 is 0 Å². The van der Waals surface area contributed by atoms with Crippen LogP contribution in [0.4, 0.5) is 5.82 Å². The van der Waals surface area contributed by atoms with Gasteiger partial charge in [-0.2, -0.15) is 0 Å². The molecule has 0 aliphatic rings. The topological polar surface area (TPSA) is 42.7 Å². The SMILES string of the molecule is CCCCNc1nc(C)nc2ccn(CCc3ccccc3)c12. The van der Waals surface area contributed by atoms with Crippen LogP contribution in [0.3, 0.4) is 0 Å². The maximum atomic E-state index is 4.62. The zero-order valence-electron chi connectivity index (χ0n) is 13.9. The first-order valence-electron chi connectivity index (χ1n) is 8.39. The van der Waals surface area contributed by atoms with Gasteiger partial charge in [-0.1, -0.05) is 43.7 Å². The number of hydrogen-bond donors (Lipinski definition) is 1. The largest absolute Gasteiger partial charge is 0.368 e. The lowest BCUT2D eigenvalue weighted by Crippen LogP contribution is -2.08. The monoisotopic (exact) mass is 308 g/mol. The molecule has 0 spiro atoms. The zero-order valence-corrected chi connectivity index (χ0v) is 13.9. The molecule has 1 N–H and O–H groups in total.